The van der Waals surface area contributed by atoms with E-state index in [1.165, 1.54) is 0 Å². The zero-order valence-corrected chi connectivity index (χ0v) is 9.49. The average molecular weight is 242 g/mol. The summed E-state index contributed by atoms with van der Waals surface area (Å²) in [7, 11) is 0. The fourth-order valence-corrected chi connectivity index (χ4v) is 1.77. The molecule has 0 saturated carbocycles. The molecular formula is C11H12ClNO3. The van der Waals surface area contributed by atoms with Crippen LogP contribution in [0.15, 0.2) is 18.2 Å². The van der Waals surface area contributed by atoms with E-state index in [1.807, 2.05) is 6.92 Å². The zero-order chi connectivity index (χ0) is 12.1. The quantitative estimate of drug-likeness (QED) is 0.774. The molecule has 0 bridgehead atoms. The van der Waals surface area contributed by atoms with E-state index >= 15 is 0 Å². The van der Waals surface area contributed by atoms with Gasteiger partial charge in [0.05, 0.1) is 12.5 Å². The molecule has 86 valence electrons. The number of carboxylic acids is 1. The van der Waals surface area contributed by atoms with Crippen LogP contribution in [0.1, 0.15) is 23.6 Å². The van der Waals surface area contributed by atoms with Crippen LogP contribution >= 0.6 is 11.6 Å². The minimum Gasteiger partial charge on any atom is -0.481 e. The lowest BCUT2D eigenvalue weighted by molar-refractivity contribution is -0.137. The number of halogens is 1. The number of carbonyl (C=O) groups excluding carboxylic acids is 1. The zero-order valence-electron chi connectivity index (χ0n) is 8.74. The smallest absolute Gasteiger partial charge is 0.305 e. The number of rotatable bonds is 5. The number of benzene rings is 1. The molecule has 0 spiro atoms. The summed E-state index contributed by atoms with van der Waals surface area (Å²) in [6, 6.07) is 4.61. The summed E-state index contributed by atoms with van der Waals surface area (Å²) in [5.74, 6) is -0.964. The van der Waals surface area contributed by atoms with E-state index in [1.54, 1.807) is 18.2 Å². The van der Waals surface area contributed by atoms with Crippen LogP contribution in [0.2, 0.25) is 5.02 Å². The second-order valence-corrected chi connectivity index (χ2v) is 3.87. The van der Waals surface area contributed by atoms with Crippen molar-refractivity contribution in [2.24, 2.45) is 0 Å². The van der Waals surface area contributed by atoms with Gasteiger partial charge in [-0.15, -0.1) is 0 Å². The van der Waals surface area contributed by atoms with Crippen LogP contribution in [0.3, 0.4) is 0 Å². The first-order valence-electron chi connectivity index (χ1n) is 4.72. The molecule has 0 aliphatic heterocycles. The molecule has 0 saturated heterocycles. The number of amides is 1. The van der Waals surface area contributed by atoms with Gasteiger partial charge in [0, 0.05) is 5.02 Å². The lowest BCUT2D eigenvalue weighted by atomic mass is 9.99. The van der Waals surface area contributed by atoms with Gasteiger partial charge in [-0.05, 0) is 30.2 Å². The van der Waals surface area contributed by atoms with E-state index in [0.29, 0.717) is 11.4 Å². The summed E-state index contributed by atoms with van der Waals surface area (Å²) in [5, 5.41) is 11.8. The minimum absolute atomic E-state index is 0.152. The van der Waals surface area contributed by atoms with Gasteiger partial charge in [0.15, 0.2) is 0 Å². The first kappa shape index (κ1) is 12.5. The van der Waals surface area contributed by atoms with Crippen LogP contribution in [0.4, 0.5) is 0 Å². The Morgan fingerprint density at radius 2 is 2.31 bits per heavy atom. The van der Waals surface area contributed by atoms with Crippen molar-refractivity contribution in [1.29, 1.82) is 0 Å². The lowest BCUT2D eigenvalue weighted by Crippen LogP contribution is -2.23. The highest BCUT2D eigenvalue weighted by Crippen LogP contribution is 2.23. The van der Waals surface area contributed by atoms with Gasteiger partial charge in [0.1, 0.15) is 0 Å². The van der Waals surface area contributed by atoms with Gasteiger partial charge in [-0.3, -0.25) is 9.59 Å². The van der Waals surface area contributed by atoms with Crippen LogP contribution in [0.5, 0.6) is 0 Å². The number of nitrogens with one attached hydrogen (secondary N) is 1. The molecular weight excluding hydrogens is 230 g/mol. The Hall–Kier alpha value is -1.55. The second-order valence-electron chi connectivity index (χ2n) is 3.44. The van der Waals surface area contributed by atoms with E-state index in [2.05, 4.69) is 5.32 Å². The molecule has 0 aromatic heterocycles. The van der Waals surface area contributed by atoms with E-state index in [4.69, 9.17) is 16.7 Å². The fourth-order valence-electron chi connectivity index (χ4n) is 1.55. The summed E-state index contributed by atoms with van der Waals surface area (Å²) in [4.78, 5) is 21.1. The molecule has 1 atom stereocenters. The molecule has 1 aromatic rings. The normalized spacial score (nSPS) is 11.9. The summed E-state index contributed by atoms with van der Waals surface area (Å²) in [6.45, 7) is 1.82. The fraction of sp³-hybridized carbons (Fsp3) is 0.273. The summed E-state index contributed by atoms with van der Waals surface area (Å²) < 4.78 is 0. The second kappa shape index (κ2) is 5.51. The van der Waals surface area contributed by atoms with Crippen LogP contribution in [-0.2, 0) is 9.59 Å². The first-order valence-corrected chi connectivity index (χ1v) is 5.10. The van der Waals surface area contributed by atoms with Crippen LogP contribution < -0.4 is 5.32 Å². The Morgan fingerprint density at radius 3 is 2.81 bits per heavy atom. The molecule has 0 aliphatic carbocycles. The maximum absolute atomic E-state index is 10.7. The molecule has 0 aliphatic rings. The van der Waals surface area contributed by atoms with Crippen LogP contribution in [-0.4, -0.2) is 17.5 Å². The van der Waals surface area contributed by atoms with Crippen LogP contribution in [0, 0.1) is 6.92 Å². The molecule has 2 N–H and O–H groups in total. The highest BCUT2D eigenvalue weighted by molar-refractivity contribution is 6.30. The van der Waals surface area contributed by atoms with E-state index in [9.17, 15) is 9.59 Å². The lowest BCUT2D eigenvalue weighted by Gasteiger charge is -2.16. The average Bonchev–Trinajstić information content (AvgIpc) is 2.16. The molecule has 16 heavy (non-hydrogen) atoms. The number of carbonyl (C=O) groups is 2. The monoisotopic (exact) mass is 241 g/mol. The third-order valence-electron chi connectivity index (χ3n) is 2.26. The molecule has 1 aromatic carbocycles. The van der Waals surface area contributed by atoms with E-state index in [0.717, 1.165) is 11.1 Å². The van der Waals surface area contributed by atoms with Gasteiger partial charge >= 0.3 is 5.97 Å². The SMILES string of the molecule is Cc1cc(Cl)ccc1[C@@H](CC(=O)O)NC=O. The molecule has 0 fully saturated rings. The third kappa shape index (κ3) is 3.24. The van der Waals surface area contributed by atoms with Crippen LogP contribution in [0.25, 0.3) is 0 Å². The minimum atomic E-state index is -0.964. The molecule has 1 rings (SSSR count). The molecule has 5 heteroatoms. The number of aliphatic carboxylic acids is 1. The summed E-state index contributed by atoms with van der Waals surface area (Å²) in [6.07, 6.45) is 0.350. The Bertz CT molecular complexity index is 406. The Kier molecular flexibility index (Phi) is 4.31. The van der Waals surface area contributed by atoms with Crippen molar-refractivity contribution in [2.45, 2.75) is 19.4 Å². The number of hydrogen-bond acceptors (Lipinski definition) is 2. The Morgan fingerprint density at radius 1 is 1.62 bits per heavy atom. The van der Waals surface area contributed by atoms with Gasteiger partial charge in [-0.2, -0.15) is 0 Å². The van der Waals surface area contributed by atoms with Crippen molar-refractivity contribution in [2.75, 3.05) is 0 Å². The molecule has 4 nitrogen and oxygen atoms in total. The predicted octanol–water partition coefficient (Wildman–Crippen LogP) is 1.91. The summed E-state index contributed by atoms with van der Waals surface area (Å²) >= 11 is 5.80. The molecule has 0 heterocycles. The highest BCUT2D eigenvalue weighted by atomic mass is 35.5. The number of aryl methyl sites for hydroxylation is 1. The molecule has 1 amide bonds. The van der Waals surface area contributed by atoms with Crippen molar-refractivity contribution in [1.82, 2.24) is 5.32 Å². The maximum Gasteiger partial charge on any atom is 0.305 e. The van der Waals surface area contributed by atoms with Crippen molar-refractivity contribution in [3.8, 4) is 0 Å². The van der Waals surface area contributed by atoms with Crippen molar-refractivity contribution >= 4 is 24.0 Å². The van der Waals surface area contributed by atoms with Crippen molar-refractivity contribution in [3.05, 3.63) is 34.3 Å². The van der Waals surface area contributed by atoms with E-state index < -0.39 is 12.0 Å². The van der Waals surface area contributed by atoms with Gasteiger partial charge in [0.25, 0.3) is 0 Å². The maximum atomic E-state index is 10.7. The Labute approximate surface area is 98.2 Å². The highest BCUT2D eigenvalue weighted by Gasteiger charge is 2.16. The standard InChI is InChI=1S/C11H12ClNO3/c1-7-4-8(12)2-3-9(7)10(13-6-14)5-11(15)16/h2-4,6,10H,5H2,1H3,(H,13,14)(H,15,16)/t10-/m1/s1. The van der Waals surface area contributed by atoms with Crippen molar-refractivity contribution < 1.29 is 14.7 Å². The number of hydrogen-bond donors (Lipinski definition) is 2. The largest absolute Gasteiger partial charge is 0.481 e. The van der Waals surface area contributed by atoms with Gasteiger partial charge in [0.2, 0.25) is 6.41 Å². The van der Waals surface area contributed by atoms with Gasteiger partial charge in [-0.1, -0.05) is 17.7 Å². The molecule has 0 radical (unpaired) electrons. The van der Waals surface area contributed by atoms with Gasteiger partial charge < -0.3 is 10.4 Å². The first-order chi connectivity index (χ1) is 7.54. The van der Waals surface area contributed by atoms with Crippen molar-refractivity contribution in [3.63, 3.8) is 0 Å². The Balaban J connectivity index is 3.00. The third-order valence-corrected chi connectivity index (χ3v) is 2.49. The summed E-state index contributed by atoms with van der Waals surface area (Å²) in [5.41, 5.74) is 1.62. The molecule has 0 unspecified atom stereocenters. The van der Waals surface area contributed by atoms with Gasteiger partial charge in [-0.25, -0.2) is 0 Å². The van der Waals surface area contributed by atoms with E-state index in [-0.39, 0.29) is 6.42 Å². The number of carboxylic acid groups (broad SMARTS) is 1. The topological polar surface area (TPSA) is 66.4 Å². The predicted molar refractivity (Wildman–Crippen MR) is 60.4 cm³/mol.